The maximum Gasteiger partial charge on any atom is 0.240 e. The van der Waals surface area contributed by atoms with Crippen LogP contribution in [0.3, 0.4) is 0 Å². The Balaban J connectivity index is 1.61. The molecule has 8 heteroatoms. The van der Waals surface area contributed by atoms with E-state index in [1.54, 1.807) is 24.3 Å². The van der Waals surface area contributed by atoms with Crippen LogP contribution < -0.4 is 4.72 Å². The minimum Gasteiger partial charge on any atom is -0.242 e. The van der Waals surface area contributed by atoms with Crippen LogP contribution in [0, 0.1) is 6.92 Å². The monoisotopic (exact) mass is 468 g/mol. The molecule has 1 heterocycles. The van der Waals surface area contributed by atoms with Crippen molar-refractivity contribution in [2.45, 2.75) is 62.3 Å². The van der Waals surface area contributed by atoms with E-state index in [0.717, 1.165) is 17.5 Å². The van der Waals surface area contributed by atoms with E-state index in [9.17, 15) is 12.6 Å². The van der Waals surface area contributed by atoms with Gasteiger partial charge in [-0.05, 0) is 70.4 Å². The van der Waals surface area contributed by atoms with Crippen LogP contribution in [0.25, 0.3) is 0 Å². The molecule has 1 saturated heterocycles. The molecule has 1 unspecified atom stereocenters. The molecule has 0 amide bonds. The van der Waals surface area contributed by atoms with Gasteiger partial charge in [-0.25, -0.2) is 21.7 Å². The quantitative estimate of drug-likeness (QED) is 0.455. The third-order valence-electron chi connectivity index (χ3n) is 5.10. The van der Waals surface area contributed by atoms with E-state index in [-0.39, 0.29) is 21.7 Å². The summed E-state index contributed by atoms with van der Waals surface area (Å²) in [4.78, 5) is 0.272. The van der Waals surface area contributed by atoms with Crippen LogP contribution in [0.1, 0.15) is 50.8 Å². The van der Waals surface area contributed by atoms with Crippen LogP contribution in [0.2, 0.25) is 5.02 Å². The lowest BCUT2D eigenvalue weighted by atomic mass is 10.1. The van der Waals surface area contributed by atoms with Crippen LogP contribution in [0.4, 0.5) is 0 Å². The minimum absolute atomic E-state index is 0.0658. The smallest absolute Gasteiger partial charge is 0.240 e. The summed E-state index contributed by atoms with van der Waals surface area (Å²) >= 11 is 6.01. The predicted molar refractivity (Wildman–Crippen MR) is 123 cm³/mol. The molecule has 3 rings (SSSR count). The third kappa shape index (κ3) is 5.51. The van der Waals surface area contributed by atoms with Crippen LogP contribution in [-0.4, -0.2) is 34.3 Å². The summed E-state index contributed by atoms with van der Waals surface area (Å²) in [5.74, 6) is 0. The summed E-state index contributed by atoms with van der Waals surface area (Å²) in [6.45, 7) is 8.16. The lowest BCUT2D eigenvalue weighted by molar-refractivity contribution is 0.567. The van der Waals surface area contributed by atoms with Gasteiger partial charge in [0.15, 0.2) is 0 Å². The summed E-state index contributed by atoms with van der Waals surface area (Å²) in [7, 11) is -4.65. The van der Waals surface area contributed by atoms with Crippen LogP contribution in [0.5, 0.6) is 0 Å². The Morgan fingerprint density at radius 3 is 2.23 bits per heavy atom. The van der Waals surface area contributed by atoms with Crippen molar-refractivity contribution in [2.24, 2.45) is 0 Å². The Bertz CT molecular complexity index is 1000. The third-order valence-corrected chi connectivity index (χ3v) is 8.76. The summed E-state index contributed by atoms with van der Waals surface area (Å²) in [6, 6.07) is 14.6. The fraction of sp³-hybridized carbons (Fsp3) is 0.455. The standard InChI is InChI=1S/C22H29ClN2O3S2/c1-16-7-13-19(14-8-16)30(27,28)24-15-5-6-20-21(17-9-11-18(23)12-10-17)25(20)29(26)22(2,3)4/h7-14,20-21,24H,5-6,15H2,1-4H3/t20-,21+,25?,29+/m0/s1. The van der Waals surface area contributed by atoms with Gasteiger partial charge in [0.25, 0.3) is 0 Å². The number of nitrogens with zero attached hydrogens (tertiary/aromatic N) is 1. The van der Waals surface area contributed by atoms with Gasteiger partial charge in [0.05, 0.1) is 15.7 Å². The van der Waals surface area contributed by atoms with Crippen molar-refractivity contribution in [1.82, 2.24) is 9.03 Å². The minimum atomic E-state index is -3.52. The molecule has 0 saturated carbocycles. The summed E-state index contributed by atoms with van der Waals surface area (Å²) in [5.41, 5.74) is 2.10. The average Bonchev–Trinajstić information content (AvgIpc) is 3.38. The maximum atomic E-state index is 13.0. The number of benzene rings is 2. The first-order chi connectivity index (χ1) is 14.0. The van der Waals surface area contributed by atoms with E-state index >= 15 is 0 Å². The highest BCUT2D eigenvalue weighted by molar-refractivity contribution is 7.89. The predicted octanol–water partition coefficient (Wildman–Crippen LogP) is 4.59. The van der Waals surface area contributed by atoms with E-state index in [0.29, 0.717) is 18.0 Å². The Morgan fingerprint density at radius 1 is 1.07 bits per heavy atom. The Kier molecular flexibility index (Phi) is 7.09. The van der Waals surface area contributed by atoms with Crippen molar-refractivity contribution < 1.29 is 12.6 Å². The maximum absolute atomic E-state index is 13.0. The summed E-state index contributed by atoms with van der Waals surface area (Å²) in [6.07, 6.45) is 1.42. The SMILES string of the molecule is Cc1ccc(S(=O)(=O)NCCC[C@H]2[C@@H](c3ccc(Cl)cc3)N2[S@](=O)C(C)(C)C)cc1. The largest absolute Gasteiger partial charge is 0.242 e. The molecule has 1 aliphatic heterocycles. The number of halogens is 1. The zero-order valence-corrected chi connectivity index (χ0v) is 20.2. The van der Waals surface area contributed by atoms with Gasteiger partial charge in [0.1, 0.15) is 11.0 Å². The summed E-state index contributed by atoms with van der Waals surface area (Å²) in [5, 5.41) is 0.671. The van der Waals surface area contributed by atoms with E-state index < -0.39 is 21.0 Å². The van der Waals surface area contributed by atoms with Crippen molar-refractivity contribution in [3.8, 4) is 0 Å². The van der Waals surface area contributed by atoms with Crippen molar-refractivity contribution in [3.63, 3.8) is 0 Å². The Labute approximate surface area is 187 Å². The zero-order chi connectivity index (χ0) is 22.1. The molecule has 0 aromatic heterocycles. The molecular weight excluding hydrogens is 440 g/mol. The number of hydrogen-bond acceptors (Lipinski definition) is 3. The molecular formula is C22H29ClN2O3S2. The zero-order valence-electron chi connectivity index (χ0n) is 17.8. The van der Waals surface area contributed by atoms with Gasteiger partial charge in [-0.15, -0.1) is 0 Å². The fourth-order valence-electron chi connectivity index (χ4n) is 3.43. The normalized spacial score (nSPS) is 22.6. The molecule has 0 spiro atoms. The molecule has 5 nitrogen and oxygen atoms in total. The topological polar surface area (TPSA) is 66.2 Å². The van der Waals surface area contributed by atoms with Crippen molar-refractivity contribution in [3.05, 3.63) is 64.7 Å². The van der Waals surface area contributed by atoms with Crippen molar-refractivity contribution in [2.75, 3.05) is 6.54 Å². The highest BCUT2D eigenvalue weighted by Gasteiger charge is 2.53. The Morgan fingerprint density at radius 2 is 1.67 bits per heavy atom. The molecule has 1 fully saturated rings. The van der Waals surface area contributed by atoms with Gasteiger partial charge in [-0.3, -0.25) is 0 Å². The molecule has 1 aliphatic rings. The number of sulfonamides is 1. The second-order valence-electron chi connectivity index (χ2n) is 8.64. The first kappa shape index (κ1) is 23.4. The van der Waals surface area contributed by atoms with Gasteiger partial charge in [-0.1, -0.05) is 41.4 Å². The molecule has 164 valence electrons. The first-order valence-corrected chi connectivity index (χ1v) is 13.0. The van der Waals surface area contributed by atoms with Gasteiger partial charge in [-0.2, -0.15) is 0 Å². The second kappa shape index (κ2) is 9.09. The number of hydrogen-bond donors (Lipinski definition) is 1. The molecule has 4 atom stereocenters. The first-order valence-electron chi connectivity index (χ1n) is 10.0. The number of nitrogens with one attached hydrogen (secondary N) is 1. The molecule has 1 N–H and O–H groups in total. The average molecular weight is 469 g/mol. The highest BCUT2D eigenvalue weighted by atomic mass is 35.5. The number of rotatable bonds is 8. The highest BCUT2D eigenvalue weighted by Crippen LogP contribution is 2.49. The van der Waals surface area contributed by atoms with Gasteiger partial charge in [0, 0.05) is 17.6 Å². The van der Waals surface area contributed by atoms with Gasteiger partial charge in [0.2, 0.25) is 10.0 Å². The van der Waals surface area contributed by atoms with Crippen molar-refractivity contribution in [1.29, 1.82) is 0 Å². The van der Waals surface area contributed by atoms with E-state index in [4.69, 9.17) is 11.6 Å². The molecule has 2 aromatic carbocycles. The van der Waals surface area contributed by atoms with Crippen LogP contribution >= 0.6 is 11.6 Å². The molecule has 30 heavy (non-hydrogen) atoms. The molecule has 2 aromatic rings. The van der Waals surface area contributed by atoms with E-state index in [1.807, 2.05) is 56.3 Å². The van der Waals surface area contributed by atoms with Crippen LogP contribution in [-0.2, 0) is 21.0 Å². The molecule has 0 bridgehead atoms. The van der Waals surface area contributed by atoms with Gasteiger partial charge >= 0.3 is 0 Å². The lowest BCUT2D eigenvalue weighted by Gasteiger charge is -2.19. The fourth-order valence-corrected chi connectivity index (χ4v) is 6.15. The number of aryl methyl sites for hydroxylation is 1. The second-order valence-corrected chi connectivity index (χ2v) is 13.0. The lowest BCUT2D eigenvalue weighted by Crippen LogP contribution is -2.28. The van der Waals surface area contributed by atoms with E-state index in [2.05, 4.69) is 4.72 Å². The molecule has 0 aliphatic carbocycles. The van der Waals surface area contributed by atoms with Gasteiger partial charge < -0.3 is 0 Å². The summed E-state index contributed by atoms with van der Waals surface area (Å²) < 4.78 is 42.2. The van der Waals surface area contributed by atoms with Crippen molar-refractivity contribution >= 4 is 32.6 Å². The van der Waals surface area contributed by atoms with Crippen LogP contribution in [0.15, 0.2) is 53.4 Å². The van der Waals surface area contributed by atoms with E-state index in [1.165, 1.54) is 0 Å². The Hall–Kier alpha value is -1.25. The molecule has 0 radical (unpaired) electrons.